The average molecular weight is 333 g/mol. The van der Waals surface area contributed by atoms with Gasteiger partial charge in [-0.1, -0.05) is 0 Å². The Hall–Kier alpha value is 1.52. The summed E-state index contributed by atoms with van der Waals surface area (Å²) in [5.41, 5.74) is 0. The van der Waals surface area contributed by atoms with Gasteiger partial charge in [0, 0.05) is 7.11 Å². The number of aliphatic hydroxyl groups excluding tert-OH is 1. The molecule has 0 aromatic carbocycles. The third-order valence-electron chi connectivity index (χ3n) is 0.295. The van der Waals surface area contributed by atoms with E-state index in [1.807, 2.05) is 0 Å². The number of hydrogen-bond donors (Lipinski definition) is 1. The zero-order valence-corrected chi connectivity index (χ0v) is 9.26. The van der Waals surface area contributed by atoms with Gasteiger partial charge in [0.1, 0.15) is 0 Å². The fourth-order valence-corrected chi connectivity index (χ4v) is 0.0913. The molecular formula is C3H8BiO2Ti+5. The largest absolute Gasteiger partial charge is 3.00 e. The first-order valence-electron chi connectivity index (χ1n) is 1.51. The van der Waals surface area contributed by atoms with Crippen LogP contribution < -0.4 is 0 Å². The molecule has 0 bridgehead atoms. The number of hydrogen-bond acceptors (Lipinski definition) is 2. The van der Waals surface area contributed by atoms with Crippen molar-refractivity contribution in [1.29, 1.82) is 0 Å². The van der Waals surface area contributed by atoms with Crippen LogP contribution >= 0.6 is 0 Å². The molecule has 0 aliphatic heterocycles. The van der Waals surface area contributed by atoms with Gasteiger partial charge in [-0.05, 0) is 0 Å². The molecule has 4 heteroatoms. The molecule has 0 amide bonds. The summed E-state index contributed by atoms with van der Waals surface area (Å²) < 4.78 is 4.44. The summed E-state index contributed by atoms with van der Waals surface area (Å²) in [6.07, 6.45) is 0. The second-order valence-electron chi connectivity index (χ2n) is 0.716. The maximum Gasteiger partial charge on any atom is 3.00 e. The zero-order valence-electron chi connectivity index (χ0n) is 4.22. The topological polar surface area (TPSA) is 29.5 Å². The summed E-state index contributed by atoms with van der Waals surface area (Å²) in [5.74, 6) is 0. The molecule has 0 fully saturated rings. The summed E-state index contributed by atoms with van der Waals surface area (Å²) in [6, 6.07) is 0. The Bertz CT molecular complexity index is 20.4. The Kier molecular flexibility index (Phi) is 35.3. The minimum Gasteiger partial charge on any atom is -0.394 e. The van der Waals surface area contributed by atoms with E-state index >= 15 is 0 Å². The van der Waals surface area contributed by atoms with Gasteiger partial charge >= 0.3 is 47.9 Å². The van der Waals surface area contributed by atoms with Gasteiger partial charge in [0.2, 0.25) is 0 Å². The maximum atomic E-state index is 7.94. The minimum atomic E-state index is 0. The maximum absolute atomic E-state index is 7.94. The van der Waals surface area contributed by atoms with Gasteiger partial charge in [-0.25, -0.2) is 0 Å². The Morgan fingerprint density at radius 3 is 2.00 bits per heavy atom. The van der Waals surface area contributed by atoms with Gasteiger partial charge in [0.25, 0.3) is 0 Å². The molecule has 0 saturated carbocycles. The average Bonchev–Trinajstić information content (AvgIpc) is 1.41. The van der Waals surface area contributed by atoms with E-state index < -0.39 is 0 Å². The fourth-order valence-electron chi connectivity index (χ4n) is 0.0913. The van der Waals surface area contributed by atoms with E-state index in [-0.39, 0.29) is 54.5 Å². The summed E-state index contributed by atoms with van der Waals surface area (Å²) in [7, 11) is 1.55. The van der Waals surface area contributed by atoms with Crippen LogP contribution in [0.25, 0.3) is 0 Å². The van der Waals surface area contributed by atoms with Crippen LogP contribution in [0, 0.1) is 0 Å². The number of methoxy groups -OCH3 is 1. The molecule has 0 aliphatic rings. The van der Waals surface area contributed by atoms with Gasteiger partial charge in [-0.2, -0.15) is 0 Å². The molecule has 0 unspecified atom stereocenters. The smallest absolute Gasteiger partial charge is 0.394 e. The molecule has 0 spiro atoms. The molecular weight excluding hydrogens is 325 g/mol. The monoisotopic (exact) mass is 333 g/mol. The van der Waals surface area contributed by atoms with Crippen molar-refractivity contribution in [1.82, 2.24) is 0 Å². The van der Waals surface area contributed by atoms with E-state index in [0.717, 1.165) is 0 Å². The Labute approximate surface area is 77.6 Å². The third-order valence-corrected chi connectivity index (χ3v) is 0.295. The number of rotatable bonds is 2. The molecule has 1 N–H and O–H groups in total. The Morgan fingerprint density at radius 2 is 2.00 bits per heavy atom. The van der Waals surface area contributed by atoms with Crippen molar-refractivity contribution in [3.8, 4) is 0 Å². The second-order valence-corrected chi connectivity index (χ2v) is 0.716. The summed E-state index contributed by atoms with van der Waals surface area (Å²) >= 11 is 0. The van der Waals surface area contributed by atoms with E-state index in [1.54, 1.807) is 7.11 Å². The summed E-state index contributed by atoms with van der Waals surface area (Å²) in [4.78, 5) is 0. The minimum absolute atomic E-state index is 0. The van der Waals surface area contributed by atoms with Crippen molar-refractivity contribution >= 4 is 26.2 Å². The Balaban J connectivity index is -0.0000000800. The fraction of sp³-hybridized carbons (Fsp3) is 1.00. The van der Waals surface area contributed by atoms with E-state index in [4.69, 9.17) is 5.11 Å². The second kappa shape index (κ2) is 15.6. The number of ether oxygens (including phenoxy) is 1. The van der Waals surface area contributed by atoms with Crippen molar-refractivity contribution < 1.29 is 31.6 Å². The molecule has 0 aliphatic carbocycles. The van der Waals surface area contributed by atoms with Crippen LogP contribution in [0.1, 0.15) is 0 Å². The van der Waals surface area contributed by atoms with Crippen LogP contribution in [-0.4, -0.2) is 51.6 Å². The third kappa shape index (κ3) is 18.5. The molecule has 0 heterocycles. The number of aliphatic hydroxyl groups is 1. The van der Waals surface area contributed by atoms with Crippen LogP contribution in [0.3, 0.4) is 0 Å². The van der Waals surface area contributed by atoms with Crippen molar-refractivity contribution in [3.63, 3.8) is 0 Å². The summed E-state index contributed by atoms with van der Waals surface area (Å²) in [5, 5.41) is 7.94. The molecule has 36 valence electrons. The van der Waals surface area contributed by atoms with Crippen LogP contribution in [0.15, 0.2) is 0 Å². The van der Waals surface area contributed by atoms with Crippen LogP contribution in [0.5, 0.6) is 0 Å². The first-order valence-corrected chi connectivity index (χ1v) is 1.51. The van der Waals surface area contributed by atoms with Crippen molar-refractivity contribution in [2.75, 3.05) is 20.3 Å². The van der Waals surface area contributed by atoms with E-state index in [9.17, 15) is 0 Å². The molecule has 0 saturated heterocycles. The van der Waals surface area contributed by atoms with Crippen molar-refractivity contribution in [3.05, 3.63) is 0 Å². The molecule has 0 atom stereocenters. The van der Waals surface area contributed by atoms with Gasteiger partial charge < -0.3 is 9.84 Å². The molecule has 2 radical (unpaired) electrons. The van der Waals surface area contributed by atoms with Crippen molar-refractivity contribution in [2.45, 2.75) is 0 Å². The molecule has 0 rings (SSSR count). The van der Waals surface area contributed by atoms with Gasteiger partial charge in [0.05, 0.1) is 13.2 Å². The quantitative estimate of drug-likeness (QED) is 0.674. The SMILES string of the molecule is COCCO.[Bi+3].[Ti+2]. The first kappa shape index (κ1) is 15.8. The molecule has 0 aromatic heterocycles. The van der Waals surface area contributed by atoms with Crippen LogP contribution in [0.4, 0.5) is 0 Å². The normalized spacial score (nSPS) is 6.00. The molecule has 0 aromatic rings. The van der Waals surface area contributed by atoms with Gasteiger partial charge in [0.15, 0.2) is 0 Å². The predicted octanol–water partition coefficient (Wildman–Crippen LogP) is -0.758. The molecule has 2 nitrogen and oxygen atoms in total. The predicted molar refractivity (Wildman–Crippen MR) is 24.7 cm³/mol. The van der Waals surface area contributed by atoms with E-state index in [2.05, 4.69) is 4.74 Å². The van der Waals surface area contributed by atoms with Gasteiger partial charge in [-0.3, -0.25) is 0 Å². The van der Waals surface area contributed by atoms with E-state index in [0.29, 0.717) is 6.61 Å². The Morgan fingerprint density at radius 1 is 1.57 bits per heavy atom. The summed E-state index contributed by atoms with van der Waals surface area (Å²) in [6.45, 7) is 0.566. The van der Waals surface area contributed by atoms with Crippen LogP contribution in [0.2, 0.25) is 0 Å². The molecule has 7 heavy (non-hydrogen) atoms. The van der Waals surface area contributed by atoms with Crippen LogP contribution in [-0.2, 0) is 26.5 Å². The first-order chi connectivity index (χ1) is 2.41. The van der Waals surface area contributed by atoms with E-state index in [1.165, 1.54) is 0 Å². The van der Waals surface area contributed by atoms with Crippen molar-refractivity contribution in [2.24, 2.45) is 0 Å². The zero-order chi connectivity index (χ0) is 4.12. The standard InChI is InChI=1S/C3H8O2.Bi.Ti/c1-5-3-2-4;;/h4H,2-3H2,1H3;;/q;+3;+2. The van der Waals surface area contributed by atoms with Gasteiger partial charge in [-0.15, -0.1) is 0 Å².